The summed E-state index contributed by atoms with van der Waals surface area (Å²) in [5.41, 5.74) is 0. The van der Waals surface area contributed by atoms with Crippen LogP contribution in [0.4, 0.5) is 26.3 Å². The molecule has 1 amide bonds. The van der Waals surface area contributed by atoms with Gasteiger partial charge in [0.05, 0.1) is 0 Å². The van der Waals surface area contributed by atoms with Crippen LogP contribution >= 0.6 is 0 Å². The normalized spacial score (nSPS) is 24.2. The van der Waals surface area contributed by atoms with E-state index < -0.39 is 24.2 Å². The Morgan fingerprint density at radius 1 is 1.24 bits per heavy atom. The van der Waals surface area contributed by atoms with Gasteiger partial charge in [0.25, 0.3) is 0 Å². The number of halogens is 6. The van der Waals surface area contributed by atoms with Crippen LogP contribution in [-0.4, -0.2) is 37.4 Å². The first-order chi connectivity index (χ1) is 9.57. The molecule has 0 aliphatic carbocycles. The topological polar surface area (TPSA) is 41.1 Å². The van der Waals surface area contributed by atoms with Crippen molar-refractivity contribution in [3.63, 3.8) is 0 Å². The van der Waals surface area contributed by atoms with E-state index in [-0.39, 0.29) is 18.5 Å². The standard InChI is InChI=1S/C12H18F6N2O/c1-2-7-4-3-5-19-8(7)6-20-10(21)9(11(13,14)15)12(16,17)18/h7-9,19H,2-6H2,1H3,(H,20,21). The Bertz CT molecular complexity index is 341. The number of rotatable bonds is 4. The van der Waals surface area contributed by atoms with Crippen molar-refractivity contribution in [3.05, 3.63) is 0 Å². The molecule has 1 heterocycles. The number of amides is 1. The highest BCUT2D eigenvalue weighted by Crippen LogP contribution is 2.39. The lowest BCUT2D eigenvalue weighted by Crippen LogP contribution is -2.53. The molecule has 0 aromatic heterocycles. The number of hydrogen-bond donors (Lipinski definition) is 2. The summed E-state index contributed by atoms with van der Waals surface area (Å²) < 4.78 is 74.3. The maximum Gasteiger partial charge on any atom is 0.409 e. The Morgan fingerprint density at radius 3 is 2.29 bits per heavy atom. The van der Waals surface area contributed by atoms with E-state index in [2.05, 4.69) is 5.32 Å². The van der Waals surface area contributed by atoms with Crippen LogP contribution in [0.2, 0.25) is 0 Å². The predicted molar refractivity (Wildman–Crippen MR) is 63.4 cm³/mol. The molecule has 124 valence electrons. The minimum absolute atomic E-state index is 0.134. The van der Waals surface area contributed by atoms with E-state index in [0.29, 0.717) is 6.54 Å². The molecule has 1 aliphatic heterocycles. The van der Waals surface area contributed by atoms with Crippen molar-refractivity contribution in [2.24, 2.45) is 11.8 Å². The van der Waals surface area contributed by atoms with Crippen molar-refractivity contribution in [2.75, 3.05) is 13.1 Å². The zero-order valence-corrected chi connectivity index (χ0v) is 11.4. The second-order valence-corrected chi connectivity index (χ2v) is 5.13. The molecule has 1 aliphatic rings. The molecule has 1 saturated heterocycles. The highest BCUT2D eigenvalue weighted by molar-refractivity contribution is 5.80. The van der Waals surface area contributed by atoms with Gasteiger partial charge < -0.3 is 10.6 Å². The third-order valence-corrected chi connectivity index (χ3v) is 3.66. The number of nitrogens with one attached hydrogen (secondary N) is 2. The fourth-order valence-electron chi connectivity index (χ4n) is 2.54. The highest BCUT2D eigenvalue weighted by atomic mass is 19.4. The van der Waals surface area contributed by atoms with Gasteiger partial charge in [0.2, 0.25) is 11.8 Å². The summed E-state index contributed by atoms with van der Waals surface area (Å²) in [6.07, 6.45) is -8.81. The summed E-state index contributed by atoms with van der Waals surface area (Å²) in [6.45, 7) is 2.29. The minimum Gasteiger partial charge on any atom is -0.354 e. The first-order valence-electron chi connectivity index (χ1n) is 6.72. The maximum absolute atomic E-state index is 12.4. The lowest BCUT2D eigenvalue weighted by molar-refractivity contribution is -0.274. The summed E-state index contributed by atoms with van der Waals surface area (Å²) in [4.78, 5) is 11.3. The molecule has 0 aromatic carbocycles. The number of hydrogen-bond acceptors (Lipinski definition) is 2. The van der Waals surface area contributed by atoms with Crippen LogP contribution < -0.4 is 10.6 Å². The fraction of sp³-hybridized carbons (Fsp3) is 0.917. The van der Waals surface area contributed by atoms with Gasteiger partial charge in [0, 0.05) is 12.6 Å². The molecule has 0 aromatic rings. The third kappa shape index (κ3) is 5.05. The molecule has 1 fully saturated rings. The summed E-state index contributed by atoms with van der Waals surface area (Å²) >= 11 is 0. The fourth-order valence-corrected chi connectivity index (χ4v) is 2.54. The predicted octanol–water partition coefficient (Wildman–Crippen LogP) is 2.62. The van der Waals surface area contributed by atoms with Gasteiger partial charge in [0.1, 0.15) is 0 Å². The molecule has 2 unspecified atom stereocenters. The number of alkyl halides is 6. The van der Waals surface area contributed by atoms with E-state index in [4.69, 9.17) is 0 Å². The molecule has 0 spiro atoms. The van der Waals surface area contributed by atoms with Gasteiger partial charge in [-0.1, -0.05) is 13.3 Å². The van der Waals surface area contributed by atoms with Crippen molar-refractivity contribution in [3.8, 4) is 0 Å². The smallest absolute Gasteiger partial charge is 0.354 e. The van der Waals surface area contributed by atoms with Crippen LogP contribution in [0, 0.1) is 11.8 Å². The van der Waals surface area contributed by atoms with Gasteiger partial charge in [-0.25, -0.2) is 0 Å². The zero-order valence-electron chi connectivity index (χ0n) is 11.4. The molecular formula is C12H18F6N2O. The van der Waals surface area contributed by atoms with Gasteiger partial charge in [-0.2, -0.15) is 26.3 Å². The third-order valence-electron chi connectivity index (χ3n) is 3.66. The van der Waals surface area contributed by atoms with Gasteiger partial charge >= 0.3 is 12.4 Å². The average Bonchev–Trinajstić information content (AvgIpc) is 2.33. The van der Waals surface area contributed by atoms with Crippen molar-refractivity contribution in [1.82, 2.24) is 10.6 Å². The highest BCUT2D eigenvalue weighted by Gasteiger charge is 2.61. The van der Waals surface area contributed by atoms with E-state index in [1.165, 1.54) is 0 Å². The summed E-state index contributed by atoms with van der Waals surface area (Å²) in [5, 5.41) is 4.80. The monoisotopic (exact) mass is 320 g/mol. The average molecular weight is 320 g/mol. The second kappa shape index (κ2) is 6.85. The molecule has 21 heavy (non-hydrogen) atoms. The summed E-state index contributed by atoms with van der Waals surface area (Å²) in [7, 11) is 0. The van der Waals surface area contributed by atoms with Crippen molar-refractivity contribution in [1.29, 1.82) is 0 Å². The second-order valence-electron chi connectivity index (χ2n) is 5.13. The molecule has 0 bridgehead atoms. The van der Waals surface area contributed by atoms with Crippen LogP contribution in [0.5, 0.6) is 0 Å². The Kier molecular flexibility index (Phi) is 5.89. The maximum atomic E-state index is 12.4. The largest absolute Gasteiger partial charge is 0.409 e. The molecule has 2 N–H and O–H groups in total. The van der Waals surface area contributed by atoms with E-state index in [0.717, 1.165) is 19.3 Å². The van der Waals surface area contributed by atoms with E-state index in [9.17, 15) is 31.1 Å². The van der Waals surface area contributed by atoms with Gasteiger partial charge in [0.15, 0.2) is 0 Å². The summed E-state index contributed by atoms with van der Waals surface area (Å²) in [6, 6.07) is -0.296. The Hall–Kier alpha value is -0.990. The summed E-state index contributed by atoms with van der Waals surface area (Å²) in [5.74, 6) is -5.89. The van der Waals surface area contributed by atoms with Crippen LogP contribution in [-0.2, 0) is 4.79 Å². The number of carbonyl (C=O) groups excluding carboxylic acids is 1. The van der Waals surface area contributed by atoms with E-state index >= 15 is 0 Å². The Labute approximate surface area is 118 Å². The lowest BCUT2D eigenvalue weighted by Gasteiger charge is -2.32. The van der Waals surface area contributed by atoms with E-state index in [1.807, 2.05) is 6.92 Å². The zero-order chi connectivity index (χ0) is 16.3. The van der Waals surface area contributed by atoms with Crippen LogP contribution in [0.1, 0.15) is 26.2 Å². The van der Waals surface area contributed by atoms with E-state index in [1.54, 1.807) is 5.32 Å². The first-order valence-corrected chi connectivity index (χ1v) is 6.72. The molecule has 2 atom stereocenters. The number of carbonyl (C=O) groups is 1. The lowest BCUT2D eigenvalue weighted by atomic mass is 9.88. The Balaban J connectivity index is 2.66. The van der Waals surface area contributed by atoms with Crippen LogP contribution in [0.25, 0.3) is 0 Å². The van der Waals surface area contributed by atoms with Crippen molar-refractivity contribution in [2.45, 2.75) is 44.6 Å². The van der Waals surface area contributed by atoms with Gasteiger partial charge in [-0.3, -0.25) is 4.79 Å². The molecule has 1 rings (SSSR count). The minimum atomic E-state index is -5.65. The molecule has 0 radical (unpaired) electrons. The molecule has 9 heteroatoms. The molecule has 3 nitrogen and oxygen atoms in total. The van der Waals surface area contributed by atoms with Gasteiger partial charge in [-0.05, 0) is 25.3 Å². The first kappa shape index (κ1) is 18.1. The number of piperidine rings is 1. The van der Waals surface area contributed by atoms with Gasteiger partial charge in [-0.15, -0.1) is 0 Å². The quantitative estimate of drug-likeness (QED) is 0.782. The molecular weight excluding hydrogens is 302 g/mol. The molecule has 0 saturated carbocycles. The Morgan fingerprint density at radius 2 is 1.81 bits per heavy atom. The van der Waals surface area contributed by atoms with Crippen molar-refractivity contribution < 1.29 is 31.1 Å². The van der Waals surface area contributed by atoms with Crippen molar-refractivity contribution >= 4 is 5.91 Å². The SMILES string of the molecule is CCC1CCCNC1CNC(=O)C(C(F)(F)F)C(F)(F)F. The van der Waals surface area contributed by atoms with Crippen LogP contribution in [0.3, 0.4) is 0 Å². The van der Waals surface area contributed by atoms with Crippen LogP contribution in [0.15, 0.2) is 0 Å².